The summed E-state index contributed by atoms with van der Waals surface area (Å²) in [5, 5.41) is 0. The first-order valence-electron chi connectivity index (χ1n) is 10.3. The maximum Gasteiger partial charge on any atom is 0.331 e. The predicted molar refractivity (Wildman–Crippen MR) is 116 cm³/mol. The Morgan fingerprint density at radius 3 is 2.60 bits per heavy atom. The van der Waals surface area contributed by atoms with Gasteiger partial charge in [-0.15, -0.1) is 0 Å². The van der Waals surface area contributed by atoms with Crippen LogP contribution in [0.2, 0.25) is 0 Å². The average Bonchev–Trinajstić information content (AvgIpc) is 3.53. The quantitative estimate of drug-likeness (QED) is 0.443. The highest BCUT2D eigenvalue weighted by molar-refractivity contribution is 5.89. The van der Waals surface area contributed by atoms with E-state index < -0.39 is 5.97 Å². The minimum Gasteiger partial charge on any atom is -0.452 e. The van der Waals surface area contributed by atoms with Crippen molar-refractivity contribution in [2.75, 3.05) is 26.9 Å². The zero-order chi connectivity index (χ0) is 21.5. The molecule has 0 unspecified atom stereocenters. The maximum absolute atomic E-state index is 12.6. The van der Waals surface area contributed by atoms with E-state index in [1.807, 2.05) is 30.3 Å². The zero-order valence-electron chi connectivity index (χ0n) is 18.0. The second kappa shape index (κ2) is 10.3. The van der Waals surface area contributed by atoms with E-state index in [4.69, 9.17) is 9.47 Å². The molecule has 0 spiro atoms. The van der Waals surface area contributed by atoms with Gasteiger partial charge in [0.05, 0.1) is 6.61 Å². The zero-order valence-corrected chi connectivity index (χ0v) is 18.0. The van der Waals surface area contributed by atoms with Crippen molar-refractivity contribution in [2.45, 2.75) is 39.3 Å². The van der Waals surface area contributed by atoms with Crippen LogP contribution in [-0.2, 0) is 25.6 Å². The number of amides is 1. The fraction of sp³-hybridized carbons (Fsp3) is 0.417. The first-order valence-corrected chi connectivity index (χ1v) is 10.3. The smallest absolute Gasteiger partial charge is 0.331 e. The van der Waals surface area contributed by atoms with Gasteiger partial charge in [-0.2, -0.15) is 0 Å². The van der Waals surface area contributed by atoms with Crippen LogP contribution in [-0.4, -0.2) is 48.2 Å². The van der Waals surface area contributed by atoms with E-state index in [2.05, 4.69) is 24.5 Å². The molecule has 1 fully saturated rings. The normalized spacial score (nSPS) is 13.6. The third kappa shape index (κ3) is 5.83. The van der Waals surface area contributed by atoms with E-state index in [0.717, 1.165) is 16.8 Å². The molecule has 1 aromatic carbocycles. The number of carbonyl (C=O) groups excluding carboxylic acids is 2. The van der Waals surface area contributed by atoms with E-state index in [1.165, 1.54) is 24.6 Å². The van der Waals surface area contributed by atoms with Crippen molar-refractivity contribution in [1.82, 2.24) is 9.47 Å². The van der Waals surface area contributed by atoms with Crippen LogP contribution in [0, 0.1) is 13.8 Å². The Morgan fingerprint density at radius 2 is 1.93 bits per heavy atom. The van der Waals surface area contributed by atoms with E-state index in [1.54, 1.807) is 18.1 Å². The Balaban J connectivity index is 1.54. The van der Waals surface area contributed by atoms with E-state index in [0.29, 0.717) is 25.7 Å². The molecule has 6 nitrogen and oxygen atoms in total. The molecule has 0 bridgehead atoms. The summed E-state index contributed by atoms with van der Waals surface area (Å²) in [6.45, 7) is 5.16. The molecule has 1 heterocycles. The topological polar surface area (TPSA) is 60.8 Å². The number of aryl methyl sites for hydroxylation is 1. The minimum absolute atomic E-state index is 0.246. The molecule has 0 radical (unpaired) electrons. The van der Waals surface area contributed by atoms with Crippen LogP contribution < -0.4 is 0 Å². The molecule has 3 rings (SSSR count). The van der Waals surface area contributed by atoms with Gasteiger partial charge in [-0.05, 0) is 50.0 Å². The van der Waals surface area contributed by atoms with Crippen molar-refractivity contribution in [3.63, 3.8) is 0 Å². The van der Waals surface area contributed by atoms with Crippen molar-refractivity contribution in [1.29, 1.82) is 0 Å². The third-order valence-corrected chi connectivity index (χ3v) is 5.31. The first-order chi connectivity index (χ1) is 14.5. The fourth-order valence-electron chi connectivity index (χ4n) is 3.59. The number of carbonyl (C=O) groups is 2. The van der Waals surface area contributed by atoms with Crippen LogP contribution in [0.4, 0.5) is 0 Å². The Morgan fingerprint density at radius 1 is 1.20 bits per heavy atom. The molecule has 0 N–H and O–H groups in total. The van der Waals surface area contributed by atoms with Crippen LogP contribution in [0.1, 0.15) is 41.4 Å². The highest BCUT2D eigenvalue weighted by Crippen LogP contribution is 2.38. The van der Waals surface area contributed by atoms with Crippen molar-refractivity contribution in [2.24, 2.45) is 0 Å². The van der Waals surface area contributed by atoms with Crippen LogP contribution in [0.3, 0.4) is 0 Å². The molecule has 2 aromatic rings. The summed E-state index contributed by atoms with van der Waals surface area (Å²) in [6.07, 6.45) is 5.59. The predicted octanol–water partition coefficient (Wildman–Crippen LogP) is 3.67. The Labute approximate surface area is 178 Å². The van der Waals surface area contributed by atoms with Crippen molar-refractivity contribution >= 4 is 18.0 Å². The van der Waals surface area contributed by atoms with E-state index in [9.17, 15) is 9.59 Å². The number of methoxy groups -OCH3 is 1. The molecule has 1 saturated carbocycles. The number of esters is 1. The maximum atomic E-state index is 12.6. The third-order valence-electron chi connectivity index (χ3n) is 5.31. The van der Waals surface area contributed by atoms with Crippen molar-refractivity contribution in [3.05, 3.63) is 65.0 Å². The summed E-state index contributed by atoms with van der Waals surface area (Å²) in [5.74, 6) is -0.768. The number of rotatable bonds is 10. The highest BCUT2D eigenvalue weighted by Gasteiger charge is 2.26. The average molecular weight is 411 g/mol. The molecule has 0 atom stereocenters. The van der Waals surface area contributed by atoms with Gasteiger partial charge < -0.3 is 18.9 Å². The van der Waals surface area contributed by atoms with Crippen molar-refractivity contribution in [3.8, 4) is 0 Å². The molecule has 160 valence electrons. The monoisotopic (exact) mass is 410 g/mol. The lowest BCUT2D eigenvalue weighted by molar-refractivity contribution is -0.148. The van der Waals surface area contributed by atoms with Crippen LogP contribution in [0.25, 0.3) is 6.08 Å². The number of nitrogens with zero attached hydrogens (tertiary/aromatic N) is 2. The lowest BCUT2D eigenvalue weighted by Crippen LogP contribution is -2.36. The number of hydrogen-bond acceptors (Lipinski definition) is 4. The molecule has 1 aliphatic carbocycles. The largest absolute Gasteiger partial charge is 0.452 e. The molecule has 1 aliphatic rings. The van der Waals surface area contributed by atoms with Gasteiger partial charge in [0.15, 0.2) is 6.61 Å². The Hall–Kier alpha value is -2.86. The van der Waals surface area contributed by atoms with Gasteiger partial charge in [-0.3, -0.25) is 4.79 Å². The minimum atomic E-state index is -0.522. The lowest BCUT2D eigenvalue weighted by Gasteiger charge is -2.22. The van der Waals surface area contributed by atoms with Crippen LogP contribution in [0.15, 0.2) is 42.5 Å². The van der Waals surface area contributed by atoms with Gasteiger partial charge >= 0.3 is 5.97 Å². The van der Waals surface area contributed by atoms with Crippen LogP contribution in [0.5, 0.6) is 0 Å². The first kappa shape index (κ1) is 21.8. The fourth-order valence-corrected chi connectivity index (χ4v) is 3.59. The Bertz CT molecular complexity index is 897. The number of hydrogen-bond donors (Lipinski definition) is 0. The Kier molecular flexibility index (Phi) is 7.46. The SMILES string of the molecule is COCCN(Cc1ccccc1)C(=O)COC(=O)/C=C/c1cc(C)n(C2CC2)c1C. The number of benzene rings is 1. The molecule has 6 heteroatoms. The molecule has 0 saturated heterocycles. The van der Waals surface area contributed by atoms with Gasteiger partial charge in [0.25, 0.3) is 5.91 Å². The molecule has 30 heavy (non-hydrogen) atoms. The van der Waals surface area contributed by atoms with Crippen molar-refractivity contribution < 1.29 is 19.1 Å². The molecule has 1 aromatic heterocycles. The molecular weight excluding hydrogens is 380 g/mol. The van der Waals surface area contributed by atoms with Gasteiger partial charge in [-0.1, -0.05) is 30.3 Å². The number of aromatic nitrogens is 1. The summed E-state index contributed by atoms with van der Waals surface area (Å²) in [5.41, 5.74) is 4.38. The molecule has 1 amide bonds. The summed E-state index contributed by atoms with van der Waals surface area (Å²) < 4.78 is 12.6. The van der Waals surface area contributed by atoms with Gasteiger partial charge in [0, 0.05) is 43.7 Å². The summed E-state index contributed by atoms with van der Waals surface area (Å²) >= 11 is 0. The highest BCUT2D eigenvalue weighted by atomic mass is 16.5. The van der Waals surface area contributed by atoms with Gasteiger partial charge in [0.2, 0.25) is 0 Å². The standard InChI is InChI=1S/C24H30N2O4/c1-18-15-21(19(2)26(18)22-10-11-22)9-12-24(28)30-17-23(27)25(13-14-29-3)16-20-7-5-4-6-8-20/h4-9,12,15,22H,10-11,13-14,16-17H2,1-3H3/b12-9+. The summed E-state index contributed by atoms with van der Waals surface area (Å²) in [7, 11) is 1.59. The van der Waals surface area contributed by atoms with E-state index >= 15 is 0 Å². The van der Waals surface area contributed by atoms with Crippen LogP contribution >= 0.6 is 0 Å². The summed E-state index contributed by atoms with van der Waals surface area (Å²) in [4.78, 5) is 26.4. The summed E-state index contributed by atoms with van der Waals surface area (Å²) in [6, 6.07) is 12.4. The second-order valence-electron chi connectivity index (χ2n) is 7.66. The lowest BCUT2D eigenvalue weighted by atomic mass is 10.2. The number of ether oxygens (including phenoxy) is 2. The van der Waals surface area contributed by atoms with Gasteiger partial charge in [-0.25, -0.2) is 4.79 Å². The van der Waals surface area contributed by atoms with Gasteiger partial charge in [0.1, 0.15) is 0 Å². The molecule has 0 aliphatic heterocycles. The van der Waals surface area contributed by atoms with E-state index in [-0.39, 0.29) is 12.5 Å². The second-order valence-corrected chi connectivity index (χ2v) is 7.66. The molecular formula is C24H30N2O4.